The Balaban J connectivity index is 2.13. The highest BCUT2D eigenvalue weighted by Gasteiger charge is 2.16. The lowest BCUT2D eigenvalue weighted by Crippen LogP contribution is -2.18. The number of benzene rings is 2. The fraction of sp³-hybridized carbons (Fsp3) is 0.217. The molecule has 1 amide bonds. The van der Waals surface area contributed by atoms with Crippen LogP contribution in [0, 0.1) is 11.3 Å². The summed E-state index contributed by atoms with van der Waals surface area (Å²) in [6.07, 6.45) is 2.89. The molecular formula is C23H23N3O4. The maximum Gasteiger partial charge on any atom is 0.340 e. The van der Waals surface area contributed by atoms with E-state index in [1.54, 1.807) is 48.5 Å². The van der Waals surface area contributed by atoms with Gasteiger partial charge in [0.1, 0.15) is 11.6 Å². The molecule has 0 unspecified atom stereocenters. The molecule has 0 aliphatic carbocycles. The molecule has 0 aromatic heterocycles. The van der Waals surface area contributed by atoms with Crippen molar-refractivity contribution in [3.05, 3.63) is 71.4 Å². The van der Waals surface area contributed by atoms with E-state index in [0.29, 0.717) is 17.9 Å². The molecule has 0 saturated carbocycles. The van der Waals surface area contributed by atoms with Crippen molar-refractivity contribution in [3.63, 3.8) is 0 Å². The van der Waals surface area contributed by atoms with Crippen molar-refractivity contribution < 1.29 is 19.1 Å². The lowest BCUT2D eigenvalue weighted by molar-refractivity contribution is -0.112. The molecule has 7 heteroatoms. The van der Waals surface area contributed by atoms with E-state index in [2.05, 4.69) is 10.6 Å². The Bertz CT molecular complexity index is 1010. The van der Waals surface area contributed by atoms with Gasteiger partial charge < -0.3 is 15.4 Å². The number of rotatable bonds is 9. The highest BCUT2D eigenvalue weighted by Crippen LogP contribution is 2.18. The van der Waals surface area contributed by atoms with E-state index < -0.39 is 11.9 Å². The molecule has 7 nitrogen and oxygen atoms in total. The van der Waals surface area contributed by atoms with Gasteiger partial charge in [-0.1, -0.05) is 37.6 Å². The molecular weight excluding hydrogens is 382 g/mol. The smallest absolute Gasteiger partial charge is 0.340 e. The Morgan fingerprint density at radius 2 is 1.90 bits per heavy atom. The average molecular weight is 405 g/mol. The van der Waals surface area contributed by atoms with Crippen molar-refractivity contribution in [3.8, 4) is 6.07 Å². The van der Waals surface area contributed by atoms with Crippen molar-refractivity contribution in [1.29, 1.82) is 5.26 Å². The van der Waals surface area contributed by atoms with Gasteiger partial charge in [-0.25, -0.2) is 4.79 Å². The molecule has 154 valence electrons. The Morgan fingerprint density at radius 1 is 1.13 bits per heavy atom. The van der Waals surface area contributed by atoms with Gasteiger partial charge >= 0.3 is 5.97 Å². The number of hydrogen-bond donors (Lipinski definition) is 2. The van der Waals surface area contributed by atoms with Gasteiger partial charge in [0.15, 0.2) is 5.78 Å². The number of nitriles is 1. The molecule has 0 heterocycles. The van der Waals surface area contributed by atoms with Crippen LogP contribution in [-0.4, -0.2) is 24.3 Å². The zero-order valence-corrected chi connectivity index (χ0v) is 16.9. The molecule has 0 aliphatic rings. The minimum absolute atomic E-state index is 0.0942. The molecule has 0 radical (unpaired) electrons. The molecule has 2 aromatic carbocycles. The van der Waals surface area contributed by atoms with E-state index in [9.17, 15) is 19.6 Å². The van der Waals surface area contributed by atoms with Crippen LogP contribution < -0.4 is 10.6 Å². The van der Waals surface area contributed by atoms with Gasteiger partial charge in [0, 0.05) is 17.5 Å². The summed E-state index contributed by atoms with van der Waals surface area (Å²) in [5.74, 6) is -1.31. The number of Topliss-reactive ketones (excluding diaryl/α,β-unsaturated/α-hetero) is 1. The van der Waals surface area contributed by atoms with Crippen LogP contribution >= 0.6 is 0 Å². The standard InChI is InChI=1S/C23H23N3O4/c1-3-4-12-30-23(29)20-10-5-6-11-21(20)26-22(28)18(14-24)15-25-19-9-7-8-17(13-19)16(2)27/h5-11,13,15,25H,3-4,12H2,1-2H3,(H,26,28)/b18-15-. The van der Waals surface area contributed by atoms with Crippen molar-refractivity contribution in [2.75, 3.05) is 17.2 Å². The summed E-state index contributed by atoms with van der Waals surface area (Å²) < 4.78 is 5.20. The molecule has 2 N–H and O–H groups in total. The van der Waals surface area contributed by atoms with E-state index >= 15 is 0 Å². The van der Waals surface area contributed by atoms with Crippen molar-refractivity contribution in [2.45, 2.75) is 26.7 Å². The molecule has 0 spiro atoms. The van der Waals surface area contributed by atoms with E-state index in [0.717, 1.165) is 12.8 Å². The first kappa shape index (κ1) is 22.4. The molecule has 30 heavy (non-hydrogen) atoms. The third-order valence-corrected chi connectivity index (χ3v) is 4.14. The number of carbonyl (C=O) groups is 3. The van der Waals surface area contributed by atoms with Crippen molar-refractivity contribution in [2.24, 2.45) is 0 Å². The van der Waals surface area contributed by atoms with E-state index in [1.807, 2.05) is 13.0 Å². The second kappa shape index (κ2) is 11.2. The van der Waals surface area contributed by atoms with E-state index in [1.165, 1.54) is 13.1 Å². The van der Waals surface area contributed by atoms with Gasteiger partial charge in [-0.3, -0.25) is 9.59 Å². The molecule has 2 rings (SSSR count). The summed E-state index contributed by atoms with van der Waals surface area (Å²) in [7, 11) is 0. The minimum Gasteiger partial charge on any atom is -0.462 e. The second-order valence-electron chi connectivity index (χ2n) is 6.44. The van der Waals surface area contributed by atoms with E-state index in [-0.39, 0.29) is 22.6 Å². The number of ether oxygens (including phenoxy) is 1. The maximum atomic E-state index is 12.5. The number of esters is 1. The summed E-state index contributed by atoms with van der Waals surface area (Å²) in [6.45, 7) is 3.74. The van der Waals surface area contributed by atoms with Crippen molar-refractivity contribution >= 4 is 29.0 Å². The average Bonchev–Trinajstić information content (AvgIpc) is 2.75. The van der Waals surface area contributed by atoms with Crippen LogP contribution in [0.15, 0.2) is 60.3 Å². The van der Waals surface area contributed by atoms with Crippen molar-refractivity contribution in [1.82, 2.24) is 0 Å². The number of amides is 1. The Morgan fingerprint density at radius 3 is 2.60 bits per heavy atom. The van der Waals surface area contributed by atoms with Crippen LogP contribution in [0.1, 0.15) is 47.4 Å². The summed E-state index contributed by atoms with van der Waals surface area (Å²) in [5, 5.41) is 14.8. The highest BCUT2D eigenvalue weighted by atomic mass is 16.5. The monoisotopic (exact) mass is 405 g/mol. The maximum absolute atomic E-state index is 12.5. The van der Waals surface area contributed by atoms with Crippen LogP contribution in [0.25, 0.3) is 0 Å². The third-order valence-electron chi connectivity index (χ3n) is 4.14. The van der Waals surface area contributed by atoms with Crippen LogP contribution in [0.5, 0.6) is 0 Å². The predicted molar refractivity (Wildman–Crippen MR) is 114 cm³/mol. The van der Waals surface area contributed by atoms with Crippen LogP contribution in [0.2, 0.25) is 0 Å². The summed E-state index contributed by atoms with van der Waals surface area (Å²) in [4.78, 5) is 36.3. The zero-order chi connectivity index (χ0) is 21.9. The number of nitrogens with zero attached hydrogens (tertiary/aromatic N) is 1. The second-order valence-corrected chi connectivity index (χ2v) is 6.44. The first-order valence-corrected chi connectivity index (χ1v) is 9.51. The first-order valence-electron chi connectivity index (χ1n) is 9.51. The van der Waals surface area contributed by atoms with Crippen LogP contribution in [0.3, 0.4) is 0 Å². The fourth-order valence-electron chi connectivity index (χ4n) is 2.48. The number of para-hydroxylation sites is 1. The fourth-order valence-corrected chi connectivity index (χ4v) is 2.48. The quantitative estimate of drug-likeness (QED) is 0.212. The summed E-state index contributed by atoms with van der Waals surface area (Å²) >= 11 is 0. The normalized spacial score (nSPS) is 10.6. The highest BCUT2D eigenvalue weighted by molar-refractivity contribution is 6.09. The Hall–Kier alpha value is -3.92. The molecule has 0 fully saturated rings. The third kappa shape index (κ3) is 6.31. The van der Waals surface area contributed by atoms with Gasteiger partial charge in [0.2, 0.25) is 0 Å². The minimum atomic E-state index is -0.679. The molecule has 0 bridgehead atoms. The van der Waals surface area contributed by atoms with E-state index in [4.69, 9.17) is 4.74 Å². The predicted octanol–water partition coefficient (Wildman–Crippen LogP) is 4.30. The van der Waals surface area contributed by atoms with Crippen LogP contribution in [-0.2, 0) is 9.53 Å². The first-order chi connectivity index (χ1) is 14.5. The number of hydrogen-bond acceptors (Lipinski definition) is 6. The van der Waals surface area contributed by atoms with Gasteiger partial charge in [-0.2, -0.15) is 5.26 Å². The molecule has 0 saturated heterocycles. The largest absolute Gasteiger partial charge is 0.462 e. The lowest BCUT2D eigenvalue weighted by atomic mass is 10.1. The Kier molecular flexibility index (Phi) is 8.33. The Labute approximate surface area is 175 Å². The lowest BCUT2D eigenvalue weighted by Gasteiger charge is -2.11. The summed E-state index contributed by atoms with van der Waals surface area (Å²) in [5.41, 5.74) is 1.33. The molecule has 0 aliphatic heterocycles. The number of carbonyl (C=O) groups excluding carboxylic acids is 3. The molecule has 0 atom stereocenters. The summed E-state index contributed by atoms with van der Waals surface area (Å²) in [6, 6.07) is 15.0. The molecule has 2 aromatic rings. The van der Waals surface area contributed by atoms with Gasteiger partial charge in [0.05, 0.1) is 17.9 Å². The SMILES string of the molecule is CCCCOC(=O)c1ccccc1NC(=O)/C(C#N)=C\Nc1cccc(C(C)=O)c1. The topological polar surface area (TPSA) is 108 Å². The number of ketones is 1. The zero-order valence-electron chi connectivity index (χ0n) is 16.9. The van der Waals surface area contributed by atoms with Gasteiger partial charge in [-0.15, -0.1) is 0 Å². The number of nitrogens with one attached hydrogen (secondary N) is 2. The number of anilines is 2. The van der Waals surface area contributed by atoms with Crippen LogP contribution in [0.4, 0.5) is 11.4 Å². The van der Waals surface area contributed by atoms with Gasteiger partial charge in [0.25, 0.3) is 5.91 Å². The van der Waals surface area contributed by atoms with Gasteiger partial charge in [-0.05, 0) is 37.6 Å². The number of unbranched alkanes of at least 4 members (excludes halogenated alkanes) is 1.